The van der Waals surface area contributed by atoms with Crippen molar-refractivity contribution in [3.05, 3.63) is 29.8 Å². The number of hydrogen-bond acceptors (Lipinski definition) is 3. The summed E-state index contributed by atoms with van der Waals surface area (Å²) in [5.74, 6) is -4.39. The Morgan fingerprint density at radius 3 is 2.63 bits per heavy atom. The average molecular weight is 272 g/mol. The molecule has 0 bridgehead atoms. The van der Waals surface area contributed by atoms with Gasteiger partial charge >= 0.3 is 12.1 Å². The number of carboxylic acid groups (broad SMARTS) is 1. The van der Waals surface area contributed by atoms with E-state index >= 15 is 0 Å². The van der Waals surface area contributed by atoms with E-state index in [1.807, 2.05) is 6.07 Å². The quantitative estimate of drug-likeness (QED) is 0.913. The zero-order chi connectivity index (χ0) is 14.6. The summed E-state index contributed by atoms with van der Waals surface area (Å²) in [5, 5.41) is 17.3. The fourth-order valence-corrected chi connectivity index (χ4v) is 1.51. The molecule has 1 N–H and O–H groups in total. The summed E-state index contributed by atoms with van der Waals surface area (Å²) >= 11 is 0. The van der Waals surface area contributed by atoms with Crippen molar-refractivity contribution in [2.75, 3.05) is 18.5 Å². The maximum atomic E-state index is 12.5. The summed E-state index contributed by atoms with van der Waals surface area (Å²) in [6, 6.07) is 7.80. The lowest BCUT2D eigenvalue weighted by atomic mass is 10.1. The lowest BCUT2D eigenvalue weighted by Gasteiger charge is -2.24. The minimum atomic E-state index is -4.81. The van der Waals surface area contributed by atoms with E-state index in [0.29, 0.717) is 11.3 Å². The third kappa shape index (κ3) is 3.88. The Morgan fingerprint density at radius 2 is 2.16 bits per heavy atom. The first-order valence-electron chi connectivity index (χ1n) is 5.26. The lowest BCUT2D eigenvalue weighted by Crippen LogP contribution is -2.40. The Labute approximate surface area is 107 Å². The Hall–Kier alpha value is -2.23. The molecule has 1 aromatic rings. The van der Waals surface area contributed by atoms with Crippen LogP contribution < -0.4 is 4.90 Å². The largest absolute Gasteiger partial charge is 0.481 e. The topological polar surface area (TPSA) is 64.3 Å². The summed E-state index contributed by atoms with van der Waals surface area (Å²) in [5.41, 5.74) is 0.651. The van der Waals surface area contributed by atoms with Gasteiger partial charge in [-0.25, -0.2) is 0 Å². The molecular weight excluding hydrogens is 261 g/mol. The van der Waals surface area contributed by atoms with Crippen molar-refractivity contribution in [1.29, 1.82) is 5.26 Å². The van der Waals surface area contributed by atoms with Gasteiger partial charge in [0.25, 0.3) is 0 Å². The summed E-state index contributed by atoms with van der Waals surface area (Å²) in [6.45, 7) is -0.715. The molecule has 7 heteroatoms. The van der Waals surface area contributed by atoms with Crippen LogP contribution in [0.25, 0.3) is 0 Å². The molecule has 102 valence electrons. The van der Waals surface area contributed by atoms with Gasteiger partial charge < -0.3 is 10.0 Å². The number of halogens is 3. The van der Waals surface area contributed by atoms with Crippen molar-refractivity contribution < 1.29 is 23.1 Å². The van der Waals surface area contributed by atoms with Crippen LogP contribution in [0.4, 0.5) is 18.9 Å². The van der Waals surface area contributed by atoms with E-state index in [2.05, 4.69) is 0 Å². The first kappa shape index (κ1) is 14.8. The standard InChI is InChI=1S/C12H11F3N2O2/c1-17(7-10(11(18)19)12(13,14)15)9-4-2-3-8(5-9)6-16/h2-5,10H,7H2,1H3,(H,18,19). The third-order valence-corrected chi connectivity index (χ3v) is 2.57. The van der Waals surface area contributed by atoms with E-state index in [0.717, 1.165) is 4.90 Å². The van der Waals surface area contributed by atoms with E-state index in [1.54, 1.807) is 0 Å². The molecule has 0 aromatic heterocycles. The Bertz CT molecular complexity index is 508. The number of benzene rings is 1. The molecular formula is C12H11F3N2O2. The molecule has 4 nitrogen and oxygen atoms in total. The minimum absolute atomic E-state index is 0.295. The van der Waals surface area contributed by atoms with E-state index in [1.165, 1.54) is 31.3 Å². The number of anilines is 1. The number of carboxylic acids is 1. The van der Waals surface area contributed by atoms with Gasteiger partial charge in [-0.3, -0.25) is 4.79 Å². The Balaban J connectivity index is 2.91. The van der Waals surface area contributed by atoms with Crippen molar-refractivity contribution in [2.24, 2.45) is 5.92 Å². The van der Waals surface area contributed by atoms with Crippen LogP contribution >= 0.6 is 0 Å². The fourth-order valence-electron chi connectivity index (χ4n) is 1.51. The maximum absolute atomic E-state index is 12.5. The van der Waals surface area contributed by atoms with E-state index in [4.69, 9.17) is 10.4 Å². The van der Waals surface area contributed by atoms with E-state index in [-0.39, 0.29) is 0 Å². The first-order chi connectivity index (χ1) is 8.75. The van der Waals surface area contributed by atoms with Crippen molar-refractivity contribution in [2.45, 2.75) is 6.18 Å². The molecule has 19 heavy (non-hydrogen) atoms. The normalized spacial score (nSPS) is 12.6. The Kier molecular flexibility index (Phi) is 4.38. The molecule has 0 heterocycles. The van der Waals surface area contributed by atoms with Crippen LogP contribution in [0.15, 0.2) is 24.3 Å². The molecule has 1 rings (SSSR count). The molecule has 1 aromatic carbocycles. The number of nitriles is 1. The molecule has 0 radical (unpaired) electrons. The number of carbonyl (C=O) groups is 1. The second-order valence-electron chi connectivity index (χ2n) is 3.98. The second-order valence-corrected chi connectivity index (χ2v) is 3.98. The first-order valence-corrected chi connectivity index (χ1v) is 5.26. The van der Waals surface area contributed by atoms with Crippen LogP contribution in [0, 0.1) is 17.2 Å². The zero-order valence-electron chi connectivity index (χ0n) is 9.98. The molecule has 0 aliphatic heterocycles. The van der Waals surface area contributed by atoms with Crippen LogP contribution in [0.1, 0.15) is 5.56 Å². The van der Waals surface area contributed by atoms with Crippen LogP contribution in [-0.2, 0) is 4.79 Å². The highest BCUT2D eigenvalue weighted by atomic mass is 19.4. The van der Waals surface area contributed by atoms with Crippen LogP contribution in [0.2, 0.25) is 0 Å². The number of hydrogen-bond donors (Lipinski definition) is 1. The van der Waals surface area contributed by atoms with Crippen molar-refractivity contribution in [1.82, 2.24) is 0 Å². The minimum Gasteiger partial charge on any atom is -0.481 e. The number of rotatable bonds is 4. The van der Waals surface area contributed by atoms with Crippen molar-refractivity contribution in [3.8, 4) is 6.07 Å². The maximum Gasteiger partial charge on any atom is 0.403 e. The number of nitrogens with zero attached hydrogens (tertiary/aromatic N) is 2. The van der Waals surface area contributed by atoms with Gasteiger partial charge in [-0.15, -0.1) is 0 Å². The molecule has 0 amide bonds. The van der Waals surface area contributed by atoms with Crippen LogP contribution in [-0.4, -0.2) is 30.8 Å². The third-order valence-electron chi connectivity index (χ3n) is 2.57. The van der Waals surface area contributed by atoms with Gasteiger partial charge in [0.05, 0.1) is 11.6 Å². The van der Waals surface area contributed by atoms with Crippen LogP contribution in [0.5, 0.6) is 0 Å². The van der Waals surface area contributed by atoms with Gasteiger partial charge in [-0.1, -0.05) is 6.07 Å². The molecule has 0 spiro atoms. The molecule has 1 unspecified atom stereocenters. The summed E-state index contributed by atoms with van der Waals surface area (Å²) < 4.78 is 37.6. The SMILES string of the molecule is CN(CC(C(=O)O)C(F)(F)F)c1cccc(C#N)c1. The molecule has 1 atom stereocenters. The second kappa shape index (κ2) is 5.61. The predicted octanol–water partition coefficient (Wildman–Crippen LogP) is 2.26. The van der Waals surface area contributed by atoms with Gasteiger partial charge in [0.15, 0.2) is 5.92 Å². The predicted molar refractivity (Wildman–Crippen MR) is 61.6 cm³/mol. The van der Waals surface area contributed by atoms with Crippen molar-refractivity contribution in [3.63, 3.8) is 0 Å². The molecule has 0 aliphatic carbocycles. The monoisotopic (exact) mass is 272 g/mol. The number of aliphatic carboxylic acids is 1. The average Bonchev–Trinajstić information content (AvgIpc) is 2.33. The number of alkyl halides is 3. The van der Waals surface area contributed by atoms with Gasteiger partial charge in [0.1, 0.15) is 0 Å². The van der Waals surface area contributed by atoms with E-state index in [9.17, 15) is 18.0 Å². The Morgan fingerprint density at radius 1 is 1.53 bits per heavy atom. The molecule has 0 aliphatic rings. The van der Waals surface area contributed by atoms with Crippen molar-refractivity contribution >= 4 is 11.7 Å². The van der Waals surface area contributed by atoms with Gasteiger partial charge in [-0.05, 0) is 18.2 Å². The van der Waals surface area contributed by atoms with Gasteiger partial charge in [-0.2, -0.15) is 18.4 Å². The lowest BCUT2D eigenvalue weighted by molar-refractivity contribution is -0.191. The van der Waals surface area contributed by atoms with E-state index < -0.39 is 24.6 Å². The molecule has 0 fully saturated rings. The fraction of sp³-hybridized carbons (Fsp3) is 0.333. The summed E-state index contributed by atoms with van der Waals surface area (Å²) in [6.07, 6.45) is -4.81. The highest BCUT2D eigenvalue weighted by Gasteiger charge is 2.45. The zero-order valence-corrected chi connectivity index (χ0v) is 9.98. The van der Waals surface area contributed by atoms with Crippen LogP contribution in [0.3, 0.4) is 0 Å². The summed E-state index contributed by atoms with van der Waals surface area (Å²) in [4.78, 5) is 11.8. The summed E-state index contributed by atoms with van der Waals surface area (Å²) in [7, 11) is 1.35. The van der Waals surface area contributed by atoms with Gasteiger partial charge in [0, 0.05) is 19.3 Å². The highest BCUT2D eigenvalue weighted by molar-refractivity contribution is 5.72. The highest BCUT2D eigenvalue weighted by Crippen LogP contribution is 2.28. The smallest absolute Gasteiger partial charge is 0.403 e. The molecule has 0 saturated carbocycles. The molecule has 0 saturated heterocycles. The van der Waals surface area contributed by atoms with Gasteiger partial charge in [0.2, 0.25) is 0 Å².